The fraction of sp³-hybridized carbons (Fsp3) is 0.300. The van der Waals surface area contributed by atoms with Crippen LogP contribution in [0.3, 0.4) is 0 Å². The lowest BCUT2D eigenvalue weighted by Gasteiger charge is -2.13. The SMILES string of the molecule is N#CC(CSc1ccc(F)cc1N)C(F)(F)F. The first kappa shape index (κ1) is 13.6. The number of nitriles is 1. The molecule has 0 aliphatic carbocycles. The molecule has 1 rings (SSSR count). The molecule has 0 saturated heterocycles. The van der Waals surface area contributed by atoms with Crippen molar-refractivity contribution in [3.8, 4) is 6.07 Å². The van der Waals surface area contributed by atoms with Crippen LogP contribution in [-0.2, 0) is 0 Å². The molecular formula is C10H8F4N2S. The summed E-state index contributed by atoms with van der Waals surface area (Å²) in [6.07, 6.45) is -4.56. The molecule has 0 radical (unpaired) electrons. The van der Waals surface area contributed by atoms with Crippen molar-refractivity contribution in [2.24, 2.45) is 5.92 Å². The zero-order valence-electron chi connectivity index (χ0n) is 8.46. The van der Waals surface area contributed by atoms with Gasteiger partial charge in [0.25, 0.3) is 0 Å². The summed E-state index contributed by atoms with van der Waals surface area (Å²) in [4.78, 5) is 0.330. The van der Waals surface area contributed by atoms with Crippen molar-refractivity contribution in [1.29, 1.82) is 5.26 Å². The average molecular weight is 264 g/mol. The van der Waals surface area contributed by atoms with Gasteiger partial charge in [-0.25, -0.2) is 4.39 Å². The van der Waals surface area contributed by atoms with Crippen molar-refractivity contribution >= 4 is 17.4 Å². The Balaban J connectivity index is 2.71. The Morgan fingerprint density at radius 1 is 1.41 bits per heavy atom. The van der Waals surface area contributed by atoms with Gasteiger partial charge < -0.3 is 5.73 Å². The maximum absolute atomic E-state index is 12.7. The van der Waals surface area contributed by atoms with Crippen LogP contribution in [0.4, 0.5) is 23.2 Å². The molecule has 1 aromatic rings. The zero-order chi connectivity index (χ0) is 13.1. The molecule has 0 aliphatic rings. The molecule has 0 spiro atoms. The topological polar surface area (TPSA) is 49.8 Å². The predicted molar refractivity (Wildman–Crippen MR) is 56.7 cm³/mol. The molecule has 0 fully saturated rings. The second-order valence-corrected chi connectivity index (χ2v) is 4.28. The van der Waals surface area contributed by atoms with Gasteiger partial charge in [0.1, 0.15) is 5.82 Å². The van der Waals surface area contributed by atoms with E-state index in [9.17, 15) is 17.6 Å². The number of anilines is 1. The third-order valence-corrected chi connectivity index (χ3v) is 3.11. The molecule has 1 aromatic carbocycles. The quantitative estimate of drug-likeness (QED) is 0.518. The van der Waals surface area contributed by atoms with Crippen LogP contribution < -0.4 is 5.73 Å². The van der Waals surface area contributed by atoms with E-state index in [0.717, 1.165) is 23.9 Å². The van der Waals surface area contributed by atoms with Crippen molar-refractivity contribution in [3.63, 3.8) is 0 Å². The Morgan fingerprint density at radius 2 is 2.06 bits per heavy atom. The Labute approximate surface area is 99.4 Å². The molecule has 0 aliphatic heterocycles. The third-order valence-electron chi connectivity index (χ3n) is 1.93. The van der Waals surface area contributed by atoms with Gasteiger partial charge in [-0.15, -0.1) is 11.8 Å². The number of hydrogen-bond acceptors (Lipinski definition) is 3. The van der Waals surface area contributed by atoms with E-state index < -0.39 is 23.7 Å². The lowest BCUT2D eigenvalue weighted by Crippen LogP contribution is -2.23. The number of thioether (sulfide) groups is 1. The fourth-order valence-corrected chi connectivity index (χ4v) is 2.03. The summed E-state index contributed by atoms with van der Waals surface area (Å²) in [7, 11) is 0. The predicted octanol–water partition coefficient (Wildman–Crippen LogP) is 3.20. The number of benzene rings is 1. The van der Waals surface area contributed by atoms with Gasteiger partial charge in [-0.05, 0) is 18.2 Å². The van der Waals surface area contributed by atoms with E-state index in [1.165, 1.54) is 12.1 Å². The summed E-state index contributed by atoms with van der Waals surface area (Å²) in [5, 5.41) is 8.38. The van der Waals surface area contributed by atoms with Crippen molar-refractivity contribution in [1.82, 2.24) is 0 Å². The van der Waals surface area contributed by atoms with Crippen LogP contribution in [0.5, 0.6) is 0 Å². The zero-order valence-corrected chi connectivity index (χ0v) is 9.28. The first-order valence-corrected chi connectivity index (χ1v) is 5.47. The van der Waals surface area contributed by atoms with Gasteiger partial charge in [-0.1, -0.05) is 0 Å². The van der Waals surface area contributed by atoms with E-state index in [0.29, 0.717) is 4.90 Å². The van der Waals surface area contributed by atoms with E-state index in [-0.39, 0.29) is 5.69 Å². The smallest absolute Gasteiger partial charge is 0.398 e. The largest absolute Gasteiger partial charge is 0.405 e. The number of nitrogens with two attached hydrogens (primary N) is 1. The van der Waals surface area contributed by atoms with Gasteiger partial charge in [0.2, 0.25) is 0 Å². The molecule has 1 atom stereocenters. The average Bonchev–Trinajstić information content (AvgIpc) is 2.19. The van der Waals surface area contributed by atoms with E-state index in [1.807, 2.05) is 0 Å². The molecule has 0 bridgehead atoms. The summed E-state index contributed by atoms with van der Waals surface area (Å²) in [6.45, 7) is 0. The van der Waals surface area contributed by atoms with Crippen LogP contribution in [0.25, 0.3) is 0 Å². The molecular weight excluding hydrogens is 256 g/mol. The lowest BCUT2D eigenvalue weighted by molar-refractivity contribution is -0.152. The summed E-state index contributed by atoms with van der Waals surface area (Å²) >= 11 is 0.781. The van der Waals surface area contributed by atoms with Crippen LogP contribution in [0, 0.1) is 23.1 Å². The van der Waals surface area contributed by atoms with E-state index in [4.69, 9.17) is 11.0 Å². The Hall–Kier alpha value is -1.42. The summed E-state index contributed by atoms with van der Waals surface area (Å²) < 4.78 is 49.5. The second-order valence-electron chi connectivity index (χ2n) is 3.22. The standard InChI is InChI=1S/C10H8F4N2S/c11-7-1-2-9(8(16)3-7)17-5-6(4-15)10(12,13)14/h1-3,6H,5,16H2. The van der Waals surface area contributed by atoms with Crippen LogP contribution in [0.15, 0.2) is 23.1 Å². The molecule has 92 valence electrons. The maximum atomic E-state index is 12.7. The minimum absolute atomic E-state index is 0.0638. The van der Waals surface area contributed by atoms with Crippen molar-refractivity contribution < 1.29 is 17.6 Å². The first-order chi connectivity index (χ1) is 7.84. The number of nitrogens with zero attached hydrogens (tertiary/aromatic N) is 1. The molecule has 1 unspecified atom stereocenters. The molecule has 2 N–H and O–H groups in total. The van der Waals surface area contributed by atoms with Gasteiger partial charge in [-0.2, -0.15) is 18.4 Å². The van der Waals surface area contributed by atoms with Crippen LogP contribution in [0.2, 0.25) is 0 Å². The first-order valence-electron chi connectivity index (χ1n) is 4.48. The van der Waals surface area contributed by atoms with Crippen LogP contribution >= 0.6 is 11.8 Å². The highest BCUT2D eigenvalue weighted by atomic mass is 32.2. The lowest BCUT2D eigenvalue weighted by atomic mass is 10.2. The highest BCUT2D eigenvalue weighted by molar-refractivity contribution is 7.99. The molecule has 7 heteroatoms. The Morgan fingerprint density at radius 3 is 2.53 bits per heavy atom. The number of rotatable bonds is 3. The Bertz CT molecular complexity index is 439. The normalized spacial score (nSPS) is 13.1. The van der Waals surface area contributed by atoms with Crippen molar-refractivity contribution in [3.05, 3.63) is 24.0 Å². The fourth-order valence-electron chi connectivity index (χ4n) is 1.03. The summed E-state index contributed by atoms with van der Waals surface area (Å²) in [6, 6.07) is 4.60. The van der Waals surface area contributed by atoms with Crippen molar-refractivity contribution in [2.75, 3.05) is 11.5 Å². The molecule has 17 heavy (non-hydrogen) atoms. The maximum Gasteiger partial charge on any atom is 0.405 e. The number of nitrogen functional groups attached to an aromatic ring is 1. The highest BCUT2D eigenvalue weighted by Gasteiger charge is 2.39. The molecule has 0 aromatic heterocycles. The van der Waals surface area contributed by atoms with Crippen LogP contribution in [-0.4, -0.2) is 11.9 Å². The Kier molecular flexibility index (Phi) is 4.23. The van der Waals surface area contributed by atoms with Gasteiger partial charge in [0.05, 0.1) is 6.07 Å². The summed E-state index contributed by atoms with van der Waals surface area (Å²) in [5.74, 6) is -3.08. The minimum atomic E-state index is -4.56. The highest BCUT2D eigenvalue weighted by Crippen LogP contribution is 2.33. The molecule has 2 nitrogen and oxygen atoms in total. The van der Waals surface area contributed by atoms with E-state index in [2.05, 4.69) is 0 Å². The number of halogens is 4. The monoisotopic (exact) mass is 264 g/mol. The molecule has 0 saturated carbocycles. The van der Waals surface area contributed by atoms with Gasteiger partial charge in [0.15, 0.2) is 5.92 Å². The van der Waals surface area contributed by atoms with Gasteiger partial charge >= 0.3 is 6.18 Å². The third kappa shape index (κ3) is 3.82. The van der Waals surface area contributed by atoms with Crippen molar-refractivity contribution in [2.45, 2.75) is 11.1 Å². The second kappa shape index (κ2) is 5.27. The van der Waals surface area contributed by atoms with Crippen LogP contribution in [0.1, 0.15) is 0 Å². The van der Waals surface area contributed by atoms with E-state index in [1.54, 1.807) is 0 Å². The van der Waals surface area contributed by atoms with E-state index >= 15 is 0 Å². The molecule has 0 heterocycles. The van der Waals surface area contributed by atoms with Gasteiger partial charge in [-0.3, -0.25) is 0 Å². The minimum Gasteiger partial charge on any atom is -0.398 e. The van der Waals surface area contributed by atoms with Gasteiger partial charge in [0, 0.05) is 16.3 Å². The molecule has 0 amide bonds. The summed E-state index contributed by atoms with van der Waals surface area (Å²) in [5.41, 5.74) is 5.50. The number of hydrogen-bond donors (Lipinski definition) is 1. The number of alkyl halides is 3.